The molecule has 2 fully saturated rings. The van der Waals surface area contributed by atoms with Gasteiger partial charge in [-0.05, 0) is 51.0 Å². The summed E-state index contributed by atoms with van der Waals surface area (Å²) in [6.07, 6.45) is 4.99. The molecule has 190 valence electrons. The number of hydrogen-bond acceptors (Lipinski definition) is 8. The molecule has 2 aliphatic rings. The van der Waals surface area contributed by atoms with Gasteiger partial charge in [-0.15, -0.1) is 0 Å². The molecule has 2 aliphatic heterocycles. The number of aromatic nitrogens is 1. The fourth-order valence-electron chi connectivity index (χ4n) is 4.69. The molecule has 10 heteroatoms. The molecule has 0 aliphatic carbocycles. The number of nitrogens with zero attached hydrogens (tertiary/aromatic N) is 4. The molecule has 36 heavy (non-hydrogen) atoms. The van der Waals surface area contributed by atoms with Crippen LogP contribution in [-0.4, -0.2) is 45.0 Å². The van der Waals surface area contributed by atoms with Crippen LogP contribution in [0.3, 0.4) is 0 Å². The lowest BCUT2D eigenvalue weighted by Crippen LogP contribution is -2.48. The molecule has 0 aromatic carbocycles. The van der Waals surface area contributed by atoms with E-state index in [-0.39, 0.29) is 35.8 Å². The molecule has 0 N–H and O–H groups in total. The number of ether oxygens (including phenoxy) is 1. The van der Waals surface area contributed by atoms with E-state index in [9.17, 15) is 14.9 Å². The maximum Gasteiger partial charge on any atom is 0.270 e. The summed E-state index contributed by atoms with van der Waals surface area (Å²) in [6, 6.07) is 5.67. The largest absolute Gasteiger partial charge is 0.467 e. The molecule has 4 heterocycles. The Bertz CT molecular complexity index is 1280. The Hall–Kier alpha value is -2.87. The predicted octanol–water partition coefficient (Wildman–Crippen LogP) is 4.44. The summed E-state index contributed by atoms with van der Waals surface area (Å²) in [4.78, 5) is 30.9. The minimum atomic E-state index is -0.298. The Labute approximate surface area is 220 Å². The summed E-state index contributed by atoms with van der Waals surface area (Å²) in [6.45, 7) is 9.78. The van der Waals surface area contributed by atoms with E-state index in [1.165, 1.54) is 16.7 Å². The van der Waals surface area contributed by atoms with Crippen molar-refractivity contribution in [1.82, 2.24) is 9.47 Å². The molecular formula is C26H30N4O4S2. The number of thioether (sulfide) groups is 1. The van der Waals surface area contributed by atoms with E-state index in [0.717, 1.165) is 18.7 Å². The quantitative estimate of drug-likeness (QED) is 0.386. The standard InChI is InChI=1S/C26H30N4O4S2/c1-5-6-9-29-23(28-13-16(2)34-17(3)14-28)20(18(4)21(12-27)24(29)31)11-22-25(32)30(26(35)36-22)15-19-8-7-10-33-19/h7-8,10-11,16-17H,5-6,9,13-15H2,1-4H3/b22-11+. The number of nitriles is 1. The van der Waals surface area contributed by atoms with E-state index in [4.69, 9.17) is 21.4 Å². The highest BCUT2D eigenvalue weighted by Crippen LogP contribution is 2.37. The fraction of sp³-hybridized carbons (Fsp3) is 0.462. The molecule has 1 amide bonds. The van der Waals surface area contributed by atoms with E-state index >= 15 is 0 Å². The van der Waals surface area contributed by atoms with Crippen LogP contribution >= 0.6 is 24.0 Å². The van der Waals surface area contributed by atoms with Gasteiger partial charge in [0.2, 0.25) is 0 Å². The van der Waals surface area contributed by atoms with E-state index < -0.39 is 0 Å². The Kier molecular flexibility index (Phi) is 8.03. The zero-order valence-corrected chi connectivity index (χ0v) is 22.6. The number of hydrogen-bond donors (Lipinski definition) is 0. The van der Waals surface area contributed by atoms with Crippen molar-refractivity contribution in [2.75, 3.05) is 18.0 Å². The van der Waals surface area contributed by atoms with Crippen molar-refractivity contribution >= 4 is 46.1 Å². The third-order valence-electron chi connectivity index (χ3n) is 6.34. The van der Waals surface area contributed by atoms with Crippen molar-refractivity contribution < 1.29 is 13.9 Å². The third kappa shape index (κ3) is 5.14. The van der Waals surface area contributed by atoms with Crippen molar-refractivity contribution in [2.45, 2.75) is 65.8 Å². The van der Waals surface area contributed by atoms with Crippen LogP contribution in [0.25, 0.3) is 6.08 Å². The molecule has 0 bridgehead atoms. The van der Waals surface area contributed by atoms with Gasteiger partial charge in [0, 0.05) is 25.2 Å². The molecule has 0 saturated carbocycles. The van der Waals surface area contributed by atoms with Gasteiger partial charge in [-0.2, -0.15) is 5.26 Å². The highest BCUT2D eigenvalue weighted by Gasteiger charge is 2.34. The molecule has 2 unspecified atom stereocenters. The Morgan fingerprint density at radius 2 is 2.00 bits per heavy atom. The molecular weight excluding hydrogens is 496 g/mol. The van der Waals surface area contributed by atoms with Crippen molar-refractivity contribution in [1.29, 1.82) is 5.26 Å². The first-order valence-corrected chi connectivity index (χ1v) is 13.3. The zero-order valence-electron chi connectivity index (χ0n) is 20.9. The third-order valence-corrected chi connectivity index (χ3v) is 7.72. The van der Waals surface area contributed by atoms with Crippen molar-refractivity contribution in [3.05, 3.63) is 56.1 Å². The maximum absolute atomic E-state index is 13.4. The Balaban J connectivity index is 1.86. The van der Waals surface area contributed by atoms with Crippen LogP contribution < -0.4 is 10.5 Å². The van der Waals surface area contributed by atoms with Gasteiger partial charge in [0.15, 0.2) is 0 Å². The second kappa shape index (κ2) is 11.0. The monoisotopic (exact) mass is 526 g/mol. The van der Waals surface area contributed by atoms with E-state index in [0.29, 0.717) is 45.7 Å². The van der Waals surface area contributed by atoms with Gasteiger partial charge >= 0.3 is 0 Å². The molecule has 2 saturated heterocycles. The van der Waals surface area contributed by atoms with Crippen molar-refractivity contribution in [3.8, 4) is 6.07 Å². The predicted molar refractivity (Wildman–Crippen MR) is 145 cm³/mol. The second-order valence-electron chi connectivity index (χ2n) is 9.17. The van der Waals surface area contributed by atoms with E-state index in [1.807, 2.05) is 13.8 Å². The molecule has 2 aromatic heterocycles. The van der Waals surface area contributed by atoms with Gasteiger partial charge in [-0.1, -0.05) is 37.3 Å². The van der Waals surface area contributed by atoms with Crippen LogP contribution in [0.5, 0.6) is 0 Å². The van der Waals surface area contributed by atoms with Gasteiger partial charge in [0.1, 0.15) is 27.5 Å². The molecule has 2 atom stereocenters. The van der Waals surface area contributed by atoms with Crippen LogP contribution in [0.2, 0.25) is 0 Å². The molecule has 4 rings (SSSR count). The number of furan rings is 1. The van der Waals surface area contributed by atoms with Gasteiger partial charge in [-0.3, -0.25) is 19.1 Å². The number of unbranched alkanes of at least 4 members (excludes halogenated alkanes) is 1. The summed E-state index contributed by atoms with van der Waals surface area (Å²) in [7, 11) is 0. The Morgan fingerprint density at radius 1 is 1.28 bits per heavy atom. The van der Waals surface area contributed by atoms with Crippen molar-refractivity contribution in [2.24, 2.45) is 0 Å². The summed E-state index contributed by atoms with van der Waals surface area (Å²) in [5.41, 5.74) is 1.06. The number of carbonyl (C=O) groups excluding carboxylic acids is 1. The van der Waals surface area contributed by atoms with Gasteiger partial charge in [0.25, 0.3) is 11.5 Å². The topological polar surface area (TPSA) is 91.7 Å². The fourth-order valence-corrected chi connectivity index (χ4v) is 5.92. The number of amides is 1. The maximum atomic E-state index is 13.4. The summed E-state index contributed by atoms with van der Waals surface area (Å²) in [5.74, 6) is 1.14. The zero-order chi connectivity index (χ0) is 26.0. The van der Waals surface area contributed by atoms with E-state index in [1.54, 1.807) is 36.0 Å². The molecule has 2 aromatic rings. The normalized spacial score (nSPS) is 21.5. The number of pyridine rings is 1. The number of morpholine rings is 1. The summed E-state index contributed by atoms with van der Waals surface area (Å²) >= 11 is 6.73. The first-order chi connectivity index (χ1) is 17.2. The number of carbonyl (C=O) groups is 1. The van der Waals surface area contributed by atoms with Crippen molar-refractivity contribution in [3.63, 3.8) is 0 Å². The van der Waals surface area contributed by atoms with Gasteiger partial charge in [-0.25, -0.2) is 0 Å². The second-order valence-corrected chi connectivity index (χ2v) is 10.8. The van der Waals surface area contributed by atoms with Gasteiger partial charge in [0.05, 0.1) is 29.9 Å². The number of anilines is 1. The molecule has 0 spiro atoms. The van der Waals surface area contributed by atoms with E-state index in [2.05, 4.69) is 17.9 Å². The first-order valence-electron chi connectivity index (χ1n) is 12.1. The van der Waals surface area contributed by atoms with Crippen LogP contribution in [0.15, 0.2) is 32.5 Å². The summed E-state index contributed by atoms with van der Waals surface area (Å²) < 4.78 is 13.5. The smallest absolute Gasteiger partial charge is 0.270 e. The lowest BCUT2D eigenvalue weighted by molar-refractivity contribution is -0.122. The van der Waals surface area contributed by atoms with Crippen LogP contribution in [-0.2, 0) is 22.6 Å². The Morgan fingerprint density at radius 3 is 2.61 bits per heavy atom. The average Bonchev–Trinajstić information content (AvgIpc) is 3.43. The number of thiocarbonyl (C=S) groups is 1. The highest BCUT2D eigenvalue weighted by molar-refractivity contribution is 8.26. The minimum Gasteiger partial charge on any atom is -0.467 e. The van der Waals surface area contributed by atoms with Gasteiger partial charge < -0.3 is 14.1 Å². The molecule has 0 radical (unpaired) electrons. The SMILES string of the molecule is CCCCn1c(N2CC(C)OC(C)C2)c(/C=C2/SC(=S)N(Cc3ccco3)C2=O)c(C)c(C#N)c1=O. The minimum absolute atomic E-state index is 0.0289. The average molecular weight is 527 g/mol. The number of rotatable bonds is 7. The highest BCUT2D eigenvalue weighted by atomic mass is 32.2. The van der Waals surface area contributed by atoms with Crippen LogP contribution in [0, 0.1) is 18.3 Å². The summed E-state index contributed by atoms with van der Waals surface area (Å²) in [5, 5.41) is 9.87. The lowest BCUT2D eigenvalue weighted by atomic mass is 10.0. The van der Waals surface area contributed by atoms with Crippen LogP contribution in [0.1, 0.15) is 56.1 Å². The lowest BCUT2D eigenvalue weighted by Gasteiger charge is -2.39. The first kappa shape index (κ1) is 26.2. The molecule has 8 nitrogen and oxygen atoms in total. The van der Waals surface area contributed by atoms with Crippen LogP contribution in [0.4, 0.5) is 5.82 Å².